The number of sulfonamides is 1. The van der Waals surface area contributed by atoms with Gasteiger partial charge in [0.1, 0.15) is 5.75 Å². The highest BCUT2D eigenvalue weighted by Crippen LogP contribution is 2.31. The minimum atomic E-state index is -4.00. The zero-order valence-electron chi connectivity index (χ0n) is 18.9. The molecular formula is C25H25N3O5S. The van der Waals surface area contributed by atoms with Crippen LogP contribution in [0.15, 0.2) is 71.6 Å². The Hall–Kier alpha value is -3.85. The molecule has 1 aliphatic rings. The van der Waals surface area contributed by atoms with Crippen LogP contribution in [-0.4, -0.2) is 33.9 Å². The Balaban J connectivity index is 1.62. The molecule has 0 radical (unpaired) electrons. The summed E-state index contributed by atoms with van der Waals surface area (Å²) < 4.78 is 34.1. The summed E-state index contributed by atoms with van der Waals surface area (Å²) in [6.07, 6.45) is 1.24. The van der Waals surface area contributed by atoms with Gasteiger partial charge >= 0.3 is 0 Å². The molecule has 0 aliphatic carbocycles. The summed E-state index contributed by atoms with van der Waals surface area (Å²) in [4.78, 5) is 26.9. The number of aryl methyl sites for hydroxylation is 1. The van der Waals surface area contributed by atoms with E-state index in [0.29, 0.717) is 41.3 Å². The molecule has 0 unspecified atom stereocenters. The average Bonchev–Trinajstić information content (AvgIpc) is 3.25. The lowest BCUT2D eigenvalue weighted by molar-refractivity contribution is -0.117. The van der Waals surface area contributed by atoms with Gasteiger partial charge in [0.25, 0.3) is 15.9 Å². The van der Waals surface area contributed by atoms with Gasteiger partial charge in [-0.1, -0.05) is 30.3 Å². The molecule has 0 spiro atoms. The summed E-state index contributed by atoms with van der Waals surface area (Å²) in [5.41, 5.74) is 2.06. The van der Waals surface area contributed by atoms with E-state index >= 15 is 0 Å². The number of anilines is 3. The summed E-state index contributed by atoms with van der Waals surface area (Å²) in [6.45, 7) is 2.25. The Labute approximate surface area is 198 Å². The van der Waals surface area contributed by atoms with Crippen LogP contribution in [0, 0.1) is 6.92 Å². The third kappa shape index (κ3) is 4.74. The number of para-hydroxylation sites is 4. The SMILES string of the molecule is COc1ccccc1NS(=O)(=O)c1cc(C(=O)Nc2ccccc2N2CCCC2=O)ccc1C. The van der Waals surface area contributed by atoms with Crippen molar-refractivity contribution < 1.29 is 22.7 Å². The van der Waals surface area contributed by atoms with Gasteiger partial charge in [-0.15, -0.1) is 0 Å². The molecule has 1 aliphatic heterocycles. The van der Waals surface area contributed by atoms with Crippen LogP contribution in [0.4, 0.5) is 17.1 Å². The molecule has 3 aromatic carbocycles. The Kier molecular flexibility index (Phi) is 6.56. The molecule has 34 heavy (non-hydrogen) atoms. The minimum absolute atomic E-state index is 0.00725. The summed E-state index contributed by atoms with van der Waals surface area (Å²) >= 11 is 0. The van der Waals surface area contributed by atoms with Crippen molar-refractivity contribution in [2.75, 3.05) is 28.6 Å². The number of methoxy groups -OCH3 is 1. The van der Waals surface area contributed by atoms with Crippen LogP contribution in [0.25, 0.3) is 0 Å². The number of carbonyl (C=O) groups is 2. The zero-order chi connectivity index (χ0) is 24.3. The van der Waals surface area contributed by atoms with Gasteiger partial charge in [0.05, 0.1) is 29.1 Å². The van der Waals surface area contributed by atoms with E-state index in [1.165, 1.54) is 13.2 Å². The number of amides is 2. The first kappa shape index (κ1) is 23.3. The fourth-order valence-electron chi connectivity index (χ4n) is 3.87. The van der Waals surface area contributed by atoms with E-state index in [-0.39, 0.29) is 16.4 Å². The fraction of sp³-hybridized carbons (Fsp3) is 0.200. The molecule has 0 saturated carbocycles. The number of ether oxygens (including phenoxy) is 1. The first-order valence-electron chi connectivity index (χ1n) is 10.8. The van der Waals surface area contributed by atoms with Crippen molar-refractivity contribution >= 4 is 38.9 Å². The lowest BCUT2D eigenvalue weighted by Crippen LogP contribution is -2.25. The summed E-state index contributed by atoms with van der Waals surface area (Å²) in [5, 5.41) is 2.82. The van der Waals surface area contributed by atoms with Gasteiger partial charge in [-0.25, -0.2) is 8.42 Å². The molecule has 1 fully saturated rings. The first-order chi connectivity index (χ1) is 16.3. The van der Waals surface area contributed by atoms with Crippen LogP contribution >= 0.6 is 0 Å². The van der Waals surface area contributed by atoms with Crippen molar-refractivity contribution in [1.82, 2.24) is 0 Å². The van der Waals surface area contributed by atoms with Crippen molar-refractivity contribution in [3.63, 3.8) is 0 Å². The van der Waals surface area contributed by atoms with Gasteiger partial charge in [0, 0.05) is 18.5 Å². The molecule has 176 valence electrons. The quantitative estimate of drug-likeness (QED) is 0.529. The van der Waals surface area contributed by atoms with Crippen LogP contribution < -0.4 is 19.7 Å². The third-order valence-corrected chi connectivity index (χ3v) is 7.12. The van der Waals surface area contributed by atoms with Crippen LogP contribution in [-0.2, 0) is 14.8 Å². The summed E-state index contributed by atoms with van der Waals surface area (Å²) in [6, 6.07) is 18.2. The smallest absolute Gasteiger partial charge is 0.262 e. The van der Waals surface area contributed by atoms with Gasteiger partial charge in [-0.3, -0.25) is 14.3 Å². The van der Waals surface area contributed by atoms with Crippen molar-refractivity contribution in [2.45, 2.75) is 24.7 Å². The molecule has 2 N–H and O–H groups in total. The predicted molar refractivity (Wildman–Crippen MR) is 131 cm³/mol. The van der Waals surface area contributed by atoms with E-state index in [2.05, 4.69) is 10.0 Å². The van der Waals surface area contributed by atoms with Gasteiger partial charge < -0.3 is 15.0 Å². The normalized spacial score (nSPS) is 13.6. The van der Waals surface area contributed by atoms with Gasteiger partial charge in [0.2, 0.25) is 5.91 Å². The zero-order valence-corrected chi connectivity index (χ0v) is 19.7. The largest absolute Gasteiger partial charge is 0.495 e. The lowest BCUT2D eigenvalue weighted by Gasteiger charge is -2.20. The van der Waals surface area contributed by atoms with Gasteiger partial charge in [-0.2, -0.15) is 0 Å². The predicted octanol–water partition coefficient (Wildman–Crippen LogP) is 4.18. The Morgan fingerprint density at radius 2 is 1.71 bits per heavy atom. The monoisotopic (exact) mass is 479 g/mol. The summed E-state index contributed by atoms with van der Waals surface area (Å²) in [5.74, 6) is -0.0913. The maximum absolute atomic E-state index is 13.1. The van der Waals surface area contributed by atoms with Crippen molar-refractivity contribution in [3.8, 4) is 5.75 Å². The molecule has 9 heteroatoms. The van der Waals surface area contributed by atoms with E-state index in [4.69, 9.17) is 4.74 Å². The maximum Gasteiger partial charge on any atom is 0.262 e. The van der Waals surface area contributed by atoms with E-state index in [0.717, 1.165) is 6.42 Å². The van der Waals surface area contributed by atoms with Crippen LogP contribution in [0.2, 0.25) is 0 Å². The number of carbonyl (C=O) groups excluding carboxylic acids is 2. The second kappa shape index (κ2) is 9.56. The molecular weight excluding hydrogens is 454 g/mol. The van der Waals surface area contributed by atoms with Crippen molar-refractivity contribution in [2.24, 2.45) is 0 Å². The highest BCUT2D eigenvalue weighted by Gasteiger charge is 2.25. The maximum atomic E-state index is 13.1. The standard InChI is InChI=1S/C25H25N3O5S/c1-17-13-14-18(16-23(17)34(31,32)27-20-9-4-6-11-22(20)33-2)25(30)26-19-8-3-5-10-21(19)28-15-7-12-24(28)29/h3-6,8-11,13-14,16,27H,7,12,15H2,1-2H3,(H,26,30). The fourth-order valence-corrected chi connectivity index (χ4v) is 5.21. The molecule has 3 aromatic rings. The van der Waals surface area contributed by atoms with E-state index in [9.17, 15) is 18.0 Å². The number of hydrogen-bond acceptors (Lipinski definition) is 5. The second-order valence-corrected chi connectivity index (χ2v) is 9.56. The molecule has 1 heterocycles. The second-order valence-electron chi connectivity index (χ2n) is 7.91. The molecule has 0 atom stereocenters. The van der Waals surface area contributed by atoms with Crippen LogP contribution in [0.1, 0.15) is 28.8 Å². The summed E-state index contributed by atoms with van der Waals surface area (Å²) in [7, 11) is -2.54. The lowest BCUT2D eigenvalue weighted by atomic mass is 10.1. The Morgan fingerprint density at radius 1 is 1.00 bits per heavy atom. The molecule has 0 aromatic heterocycles. The van der Waals surface area contributed by atoms with Crippen LogP contribution in [0.5, 0.6) is 5.75 Å². The number of hydrogen-bond donors (Lipinski definition) is 2. The number of benzene rings is 3. The molecule has 1 saturated heterocycles. The van der Waals surface area contributed by atoms with Gasteiger partial charge in [-0.05, 0) is 55.3 Å². The highest BCUT2D eigenvalue weighted by atomic mass is 32.2. The van der Waals surface area contributed by atoms with E-state index in [1.807, 2.05) is 0 Å². The Bertz CT molecular complexity index is 1350. The van der Waals surface area contributed by atoms with Crippen molar-refractivity contribution in [3.05, 3.63) is 77.9 Å². The first-order valence-corrected chi connectivity index (χ1v) is 12.3. The van der Waals surface area contributed by atoms with Crippen LogP contribution in [0.3, 0.4) is 0 Å². The highest BCUT2D eigenvalue weighted by molar-refractivity contribution is 7.92. The minimum Gasteiger partial charge on any atom is -0.495 e. The average molecular weight is 480 g/mol. The molecule has 0 bridgehead atoms. The number of rotatable bonds is 7. The van der Waals surface area contributed by atoms with E-state index in [1.54, 1.807) is 72.5 Å². The molecule has 4 rings (SSSR count). The number of nitrogens with one attached hydrogen (secondary N) is 2. The number of nitrogens with zero attached hydrogens (tertiary/aromatic N) is 1. The van der Waals surface area contributed by atoms with E-state index < -0.39 is 15.9 Å². The third-order valence-electron chi connectivity index (χ3n) is 5.61. The molecule has 2 amide bonds. The van der Waals surface area contributed by atoms with Crippen molar-refractivity contribution in [1.29, 1.82) is 0 Å². The molecule has 8 nitrogen and oxygen atoms in total. The Morgan fingerprint density at radius 3 is 2.41 bits per heavy atom. The topological polar surface area (TPSA) is 105 Å². The van der Waals surface area contributed by atoms with Gasteiger partial charge in [0.15, 0.2) is 0 Å².